The molecule has 1 nitrogen and oxygen atoms in total. The predicted octanol–water partition coefficient (Wildman–Crippen LogP) is 7.32. The van der Waals surface area contributed by atoms with Crippen LogP contribution >= 0.6 is 0 Å². The summed E-state index contributed by atoms with van der Waals surface area (Å²) in [5, 5.41) is 0. The zero-order valence-electron chi connectivity index (χ0n) is 16.0. The molecule has 2 aromatic rings. The first-order chi connectivity index (χ1) is 12.7. The summed E-state index contributed by atoms with van der Waals surface area (Å²) in [5.41, 5.74) is 2.62. The van der Waals surface area contributed by atoms with Crippen molar-refractivity contribution in [2.75, 3.05) is 6.61 Å². The number of benzene rings is 2. The van der Waals surface area contributed by atoms with Crippen LogP contribution in [0.4, 0.5) is 8.78 Å². The van der Waals surface area contributed by atoms with Crippen LogP contribution in [-0.4, -0.2) is 6.61 Å². The van der Waals surface area contributed by atoms with Crippen LogP contribution in [0.1, 0.15) is 64.4 Å². The lowest BCUT2D eigenvalue weighted by Gasteiger charge is -2.11. The van der Waals surface area contributed by atoms with Crippen molar-refractivity contribution in [3.63, 3.8) is 0 Å². The van der Waals surface area contributed by atoms with Crippen LogP contribution in [0.25, 0.3) is 11.1 Å². The van der Waals surface area contributed by atoms with Gasteiger partial charge in [0.05, 0.1) is 6.61 Å². The summed E-state index contributed by atoms with van der Waals surface area (Å²) >= 11 is 0. The Bertz CT molecular complexity index is 641. The van der Waals surface area contributed by atoms with Crippen molar-refractivity contribution >= 4 is 0 Å². The third-order valence-electron chi connectivity index (χ3n) is 4.60. The molecule has 0 spiro atoms. The Morgan fingerprint density at radius 3 is 1.96 bits per heavy atom. The molecule has 0 saturated carbocycles. The molecule has 0 heterocycles. The summed E-state index contributed by atoms with van der Waals surface area (Å²) in [5.74, 6) is -1.54. The number of ether oxygens (including phenoxy) is 1. The van der Waals surface area contributed by atoms with E-state index in [2.05, 4.69) is 13.8 Å². The molecular weight excluding hydrogens is 330 g/mol. The highest BCUT2D eigenvalue weighted by Gasteiger charge is 2.13. The minimum absolute atomic E-state index is 0.263. The molecule has 0 unspecified atom stereocenters. The van der Waals surface area contributed by atoms with Crippen molar-refractivity contribution in [2.24, 2.45) is 0 Å². The van der Waals surface area contributed by atoms with Gasteiger partial charge >= 0.3 is 0 Å². The normalized spacial score (nSPS) is 10.9. The van der Waals surface area contributed by atoms with E-state index in [4.69, 9.17) is 4.74 Å². The van der Waals surface area contributed by atoms with E-state index in [-0.39, 0.29) is 5.75 Å². The second-order valence-electron chi connectivity index (χ2n) is 6.83. The Morgan fingerprint density at radius 1 is 0.731 bits per heavy atom. The van der Waals surface area contributed by atoms with E-state index >= 15 is 0 Å². The number of halogens is 2. The second-order valence-corrected chi connectivity index (χ2v) is 6.83. The molecule has 0 radical (unpaired) electrons. The molecule has 3 heteroatoms. The SMILES string of the molecule is CCCCCCOc1c(F)cc(-c2ccc(CCCCC)cc2)cc1F. The van der Waals surface area contributed by atoms with Crippen LogP contribution in [0.2, 0.25) is 0 Å². The summed E-state index contributed by atoms with van der Waals surface area (Å²) in [6, 6.07) is 10.7. The van der Waals surface area contributed by atoms with E-state index in [1.54, 1.807) is 0 Å². The van der Waals surface area contributed by atoms with Gasteiger partial charge in [-0.2, -0.15) is 0 Å². The molecule has 0 saturated heterocycles. The quantitative estimate of drug-likeness (QED) is 0.381. The van der Waals surface area contributed by atoms with Crippen LogP contribution in [0.15, 0.2) is 36.4 Å². The molecule has 0 aliphatic heterocycles. The third-order valence-corrected chi connectivity index (χ3v) is 4.60. The zero-order chi connectivity index (χ0) is 18.8. The van der Waals surface area contributed by atoms with Crippen molar-refractivity contribution in [3.05, 3.63) is 53.6 Å². The second kappa shape index (κ2) is 10.9. The Morgan fingerprint density at radius 2 is 1.35 bits per heavy atom. The topological polar surface area (TPSA) is 9.23 Å². The lowest BCUT2D eigenvalue weighted by molar-refractivity contribution is 0.275. The van der Waals surface area contributed by atoms with Crippen molar-refractivity contribution < 1.29 is 13.5 Å². The average molecular weight is 360 g/mol. The molecule has 2 rings (SSSR count). The van der Waals surface area contributed by atoms with Crippen LogP contribution in [0, 0.1) is 11.6 Å². The van der Waals surface area contributed by atoms with Crippen LogP contribution in [-0.2, 0) is 6.42 Å². The summed E-state index contributed by atoms with van der Waals surface area (Å²) in [6.45, 7) is 4.65. The Labute approximate surface area is 156 Å². The van der Waals surface area contributed by atoms with Gasteiger partial charge in [-0.25, -0.2) is 8.78 Å². The average Bonchev–Trinajstić information content (AvgIpc) is 2.64. The monoisotopic (exact) mass is 360 g/mol. The van der Waals surface area contributed by atoms with Crippen molar-refractivity contribution in [1.82, 2.24) is 0 Å². The van der Waals surface area contributed by atoms with Crippen molar-refractivity contribution in [1.29, 1.82) is 0 Å². The maximum absolute atomic E-state index is 14.3. The van der Waals surface area contributed by atoms with E-state index < -0.39 is 11.6 Å². The van der Waals surface area contributed by atoms with Gasteiger partial charge in [-0.15, -0.1) is 0 Å². The molecule has 0 amide bonds. The largest absolute Gasteiger partial charge is 0.488 e. The number of hydrogen-bond donors (Lipinski definition) is 0. The fourth-order valence-corrected chi connectivity index (χ4v) is 3.01. The summed E-state index contributed by atoms with van der Waals surface area (Å²) in [4.78, 5) is 0. The van der Waals surface area contributed by atoms with Gasteiger partial charge in [0.1, 0.15) is 0 Å². The summed E-state index contributed by atoms with van der Waals surface area (Å²) in [7, 11) is 0. The first-order valence-electron chi connectivity index (χ1n) is 9.86. The van der Waals surface area contributed by atoms with Gasteiger partial charge in [0.25, 0.3) is 0 Å². The highest BCUT2D eigenvalue weighted by molar-refractivity contribution is 5.65. The highest BCUT2D eigenvalue weighted by atomic mass is 19.1. The first kappa shape index (κ1) is 20.4. The Balaban J connectivity index is 2.01. The molecule has 26 heavy (non-hydrogen) atoms. The maximum Gasteiger partial charge on any atom is 0.190 e. The smallest absolute Gasteiger partial charge is 0.190 e. The third kappa shape index (κ3) is 6.12. The van der Waals surface area contributed by atoms with E-state index in [0.29, 0.717) is 12.2 Å². The van der Waals surface area contributed by atoms with Crippen LogP contribution < -0.4 is 4.74 Å². The minimum atomic E-state index is -0.637. The molecule has 0 bridgehead atoms. The van der Waals surface area contributed by atoms with Crippen molar-refractivity contribution in [3.8, 4) is 16.9 Å². The van der Waals surface area contributed by atoms with Gasteiger partial charge in [-0.3, -0.25) is 0 Å². The highest BCUT2D eigenvalue weighted by Crippen LogP contribution is 2.29. The van der Waals surface area contributed by atoms with E-state index in [1.807, 2.05) is 24.3 Å². The molecule has 0 aliphatic rings. The standard InChI is InChI=1S/C23H30F2O/c1-3-5-7-9-15-26-23-21(24)16-20(17-22(23)25)19-13-11-18(12-14-19)10-8-6-4-2/h11-14,16-17H,3-10,15H2,1-2H3. The Kier molecular flexibility index (Phi) is 8.60. The number of unbranched alkanes of at least 4 members (excludes halogenated alkanes) is 5. The van der Waals surface area contributed by atoms with Gasteiger partial charge in [0, 0.05) is 0 Å². The molecule has 0 aromatic heterocycles. The van der Waals surface area contributed by atoms with E-state index in [9.17, 15) is 8.78 Å². The molecule has 2 aromatic carbocycles. The molecule has 142 valence electrons. The van der Waals surface area contributed by atoms with E-state index in [0.717, 1.165) is 37.7 Å². The fraction of sp³-hybridized carbons (Fsp3) is 0.478. The van der Waals surface area contributed by atoms with Crippen molar-refractivity contribution in [2.45, 2.75) is 65.2 Å². The number of hydrogen-bond acceptors (Lipinski definition) is 1. The number of rotatable bonds is 11. The molecule has 0 atom stereocenters. The van der Waals surface area contributed by atoms with Crippen LogP contribution in [0.5, 0.6) is 5.75 Å². The molecule has 0 aliphatic carbocycles. The van der Waals surface area contributed by atoms with Gasteiger partial charge in [-0.05, 0) is 48.1 Å². The number of aryl methyl sites for hydroxylation is 1. The van der Waals surface area contributed by atoms with Gasteiger partial charge in [-0.1, -0.05) is 70.2 Å². The molecule has 0 N–H and O–H groups in total. The van der Waals surface area contributed by atoms with Gasteiger partial charge in [0.2, 0.25) is 0 Å². The zero-order valence-corrected chi connectivity index (χ0v) is 16.0. The van der Waals surface area contributed by atoms with Gasteiger partial charge in [0.15, 0.2) is 17.4 Å². The summed E-state index contributed by atoms with van der Waals surface area (Å²) in [6.07, 6.45) is 8.69. The summed E-state index contributed by atoms with van der Waals surface area (Å²) < 4.78 is 33.9. The van der Waals surface area contributed by atoms with Gasteiger partial charge < -0.3 is 4.74 Å². The lowest BCUT2D eigenvalue weighted by atomic mass is 10.0. The maximum atomic E-state index is 14.3. The molecule has 0 fully saturated rings. The Hall–Kier alpha value is -1.90. The minimum Gasteiger partial charge on any atom is -0.488 e. The first-order valence-corrected chi connectivity index (χ1v) is 9.86. The lowest BCUT2D eigenvalue weighted by Crippen LogP contribution is -2.02. The van der Waals surface area contributed by atoms with E-state index in [1.165, 1.54) is 37.0 Å². The fourth-order valence-electron chi connectivity index (χ4n) is 3.01. The molecular formula is C23H30F2O. The predicted molar refractivity (Wildman–Crippen MR) is 105 cm³/mol. The van der Waals surface area contributed by atoms with Crippen LogP contribution in [0.3, 0.4) is 0 Å².